The van der Waals surface area contributed by atoms with Gasteiger partial charge in [-0.05, 0) is 43.0 Å². The molecule has 0 saturated carbocycles. The molecule has 1 aliphatic rings. The molecule has 1 atom stereocenters. The number of amides is 1. The van der Waals surface area contributed by atoms with Crippen molar-refractivity contribution in [2.45, 2.75) is 25.8 Å². The van der Waals surface area contributed by atoms with Gasteiger partial charge >= 0.3 is 0 Å². The minimum Gasteiger partial charge on any atom is -0.493 e. The molecule has 2 heterocycles. The Balaban J connectivity index is 1.29. The van der Waals surface area contributed by atoms with E-state index in [-0.39, 0.29) is 11.8 Å². The van der Waals surface area contributed by atoms with Crippen LogP contribution in [0.5, 0.6) is 5.75 Å². The van der Waals surface area contributed by atoms with Crippen molar-refractivity contribution in [1.82, 2.24) is 20.3 Å². The lowest BCUT2D eigenvalue weighted by molar-refractivity contribution is -0.125. The van der Waals surface area contributed by atoms with Gasteiger partial charge in [0.05, 0.1) is 12.1 Å². The molecule has 3 aromatic rings. The largest absolute Gasteiger partial charge is 0.493 e. The third-order valence-electron chi connectivity index (χ3n) is 4.80. The molecule has 1 N–H and O–H groups in total. The average Bonchev–Trinajstić information content (AvgIpc) is 2.95. The van der Waals surface area contributed by atoms with Crippen LogP contribution in [-0.4, -0.2) is 34.1 Å². The molecule has 0 saturated heterocycles. The smallest absolute Gasteiger partial charge is 0.223 e. The Hall–Kier alpha value is -2.89. The van der Waals surface area contributed by atoms with E-state index in [0.29, 0.717) is 13.2 Å². The number of carbonyl (C=O) groups is 1. The van der Waals surface area contributed by atoms with Crippen LogP contribution in [0, 0.1) is 5.92 Å². The first-order valence-corrected chi connectivity index (χ1v) is 9.08. The number of aryl methyl sites for hydroxylation is 1. The number of nitrogens with one attached hydrogen (secondary N) is 1. The summed E-state index contributed by atoms with van der Waals surface area (Å²) >= 11 is 0. The molecule has 0 aliphatic carbocycles. The fraction of sp³-hybridized carbons (Fsp3) is 0.350. The molecule has 134 valence electrons. The SMILES string of the molecule is O=C(NCCCn1nnc2ccccc21)C1CCOc2ccccc2C1. The molecule has 6 heteroatoms. The lowest BCUT2D eigenvalue weighted by Gasteiger charge is -2.14. The summed E-state index contributed by atoms with van der Waals surface area (Å²) in [4.78, 5) is 12.5. The number of nitrogens with zero attached hydrogens (tertiary/aromatic N) is 3. The van der Waals surface area contributed by atoms with Gasteiger partial charge < -0.3 is 10.1 Å². The third kappa shape index (κ3) is 3.54. The Morgan fingerprint density at radius 1 is 1.19 bits per heavy atom. The molecule has 4 rings (SSSR count). The number of benzene rings is 2. The van der Waals surface area contributed by atoms with Gasteiger partial charge in [-0.3, -0.25) is 4.79 Å². The standard InChI is InChI=1S/C20H22N4O2/c25-20(16-10-13-26-19-9-4-1-6-15(19)14-16)21-11-5-12-24-18-8-3-2-7-17(18)22-23-24/h1-4,6-9,16H,5,10-14H2,(H,21,25). The van der Waals surface area contributed by atoms with Crippen LogP contribution in [0.2, 0.25) is 0 Å². The van der Waals surface area contributed by atoms with Gasteiger partial charge in [-0.2, -0.15) is 0 Å². The van der Waals surface area contributed by atoms with Crippen molar-refractivity contribution in [3.05, 3.63) is 54.1 Å². The normalized spacial score (nSPS) is 16.5. The number of carbonyl (C=O) groups excluding carboxylic acids is 1. The van der Waals surface area contributed by atoms with E-state index in [0.717, 1.165) is 48.2 Å². The van der Waals surface area contributed by atoms with Crippen molar-refractivity contribution in [2.24, 2.45) is 5.92 Å². The molecular weight excluding hydrogens is 328 g/mol. The topological polar surface area (TPSA) is 69.0 Å². The lowest BCUT2D eigenvalue weighted by Crippen LogP contribution is -2.33. The summed E-state index contributed by atoms with van der Waals surface area (Å²) in [5.41, 5.74) is 3.03. The molecule has 1 aromatic heterocycles. The maximum atomic E-state index is 12.5. The lowest BCUT2D eigenvalue weighted by atomic mass is 9.96. The summed E-state index contributed by atoms with van der Waals surface area (Å²) in [5, 5.41) is 11.4. The minimum absolute atomic E-state index is 0.0362. The van der Waals surface area contributed by atoms with Crippen molar-refractivity contribution < 1.29 is 9.53 Å². The second-order valence-electron chi connectivity index (χ2n) is 6.59. The van der Waals surface area contributed by atoms with E-state index < -0.39 is 0 Å². The molecule has 0 fully saturated rings. The second kappa shape index (κ2) is 7.56. The Labute approximate surface area is 152 Å². The quantitative estimate of drug-likeness (QED) is 0.718. The zero-order valence-corrected chi connectivity index (χ0v) is 14.6. The monoisotopic (exact) mass is 350 g/mol. The van der Waals surface area contributed by atoms with Gasteiger partial charge in [-0.25, -0.2) is 4.68 Å². The van der Waals surface area contributed by atoms with Crippen molar-refractivity contribution >= 4 is 16.9 Å². The number of para-hydroxylation sites is 2. The molecule has 26 heavy (non-hydrogen) atoms. The number of hydrogen-bond acceptors (Lipinski definition) is 4. The molecule has 1 amide bonds. The van der Waals surface area contributed by atoms with Crippen molar-refractivity contribution in [3.8, 4) is 5.75 Å². The van der Waals surface area contributed by atoms with Gasteiger partial charge in [0.15, 0.2) is 0 Å². The number of ether oxygens (including phenoxy) is 1. The first-order chi connectivity index (χ1) is 12.8. The van der Waals surface area contributed by atoms with E-state index in [4.69, 9.17) is 4.74 Å². The number of fused-ring (bicyclic) bond motifs is 2. The van der Waals surface area contributed by atoms with Crippen LogP contribution in [0.1, 0.15) is 18.4 Å². The van der Waals surface area contributed by atoms with Gasteiger partial charge in [0.25, 0.3) is 0 Å². The van der Waals surface area contributed by atoms with Crippen LogP contribution in [0.15, 0.2) is 48.5 Å². The van der Waals surface area contributed by atoms with Crippen LogP contribution in [0.25, 0.3) is 11.0 Å². The highest BCUT2D eigenvalue weighted by Gasteiger charge is 2.23. The van der Waals surface area contributed by atoms with Gasteiger partial charge in [-0.1, -0.05) is 35.5 Å². The Morgan fingerprint density at radius 2 is 2.04 bits per heavy atom. The summed E-state index contributed by atoms with van der Waals surface area (Å²) in [6, 6.07) is 15.9. The highest BCUT2D eigenvalue weighted by atomic mass is 16.5. The predicted molar refractivity (Wildman–Crippen MR) is 98.9 cm³/mol. The van der Waals surface area contributed by atoms with E-state index in [9.17, 15) is 4.79 Å². The molecule has 1 aliphatic heterocycles. The van der Waals surface area contributed by atoms with E-state index in [1.165, 1.54) is 0 Å². The van der Waals surface area contributed by atoms with E-state index in [2.05, 4.69) is 15.6 Å². The molecular formula is C20H22N4O2. The summed E-state index contributed by atoms with van der Waals surface area (Å²) in [5.74, 6) is 0.973. The van der Waals surface area contributed by atoms with Crippen LogP contribution in [0.3, 0.4) is 0 Å². The fourth-order valence-corrected chi connectivity index (χ4v) is 3.38. The van der Waals surface area contributed by atoms with Gasteiger partial charge in [0.1, 0.15) is 11.3 Å². The third-order valence-corrected chi connectivity index (χ3v) is 4.80. The highest BCUT2D eigenvalue weighted by Crippen LogP contribution is 2.26. The minimum atomic E-state index is -0.0362. The highest BCUT2D eigenvalue weighted by molar-refractivity contribution is 5.79. The maximum absolute atomic E-state index is 12.5. The molecule has 1 unspecified atom stereocenters. The fourth-order valence-electron chi connectivity index (χ4n) is 3.38. The molecule has 0 bridgehead atoms. The Morgan fingerprint density at radius 3 is 3.00 bits per heavy atom. The number of aromatic nitrogens is 3. The molecule has 2 aromatic carbocycles. The van der Waals surface area contributed by atoms with Gasteiger partial charge in [-0.15, -0.1) is 5.10 Å². The maximum Gasteiger partial charge on any atom is 0.223 e. The van der Waals surface area contributed by atoms with Crippen molar-refractivity contribution in [2.75, 3.05) is 13.2 Å². The summed E-state index contributed by atoms with van der Waals surface area (Å²) in [6.07, 6.45) is 2.29. The second-order valence-corrected chi connectivity index (χ2v) is 6.59. The van der Waals surface area contributed by atoms with E-state index in [1.807, 2.05) is 53.2 Å². The van der Waals surface area contributed by atoms with E-state index in [1.54, 1.807) is 0 Å². The van der Waals surface area contributed by atoms with Crippen LogP contribution < -0.4 is 10.1 Å². The Kier molecular flexibility index (Phi) is 4.82. The van der Waals surface area contributed by atoms with Crippen LogP contribution in [-0.2, 0) is 17.8 Å². The zero-order chi connectivity index (χ0) is 17.8. The molecule has 6 nitrogen and oxygen atoms in total. The summed E-state index contributed by atoms with van der Waals surface area (Å²) < 4.78 is 7.63. The molecule has 0 spiro atoms. The zero-order valence-electron chi connectivity index (χ0n) is 14.6. The van der Waals surface area contributed by atoms with Crippen LogP contribution >= 0.6 is 0 Å². The van der Waals surface area contributed by atoms with Crippen LogP contribution in [0.4, 0.5) is 0 Å². The number of rotatable bonds is 5. The summed E-state index contributed by atoms with van der Waals surface area (Å²) in [6.45, 7) is 1.95. The predicted octanol–water partition coefficient (Wildman–Crippen LogP) is 2.58. The van der Waals surface area contributed by atoms with Gasteiger partial charge in [0.2, 0.25) is 5.91 Å². The first-order valence-electron chi connectivity index (χ1n) is 9.08. The van der Waals surface area contributed by atoms with E-state index >= 15 is 0 Å². The van der Waals surface area contributed by atoms with Crippen molar-refractivity contribution in [3.63, 3.8) is 0 Å². The molecule has 0 radical (unpaired) electrons. The Bertz CT molecular complexity index is 905. The first kappa shape index (κ1) is 16.6. The average molecular weight is 350 g/mol. The van der Waals surface area contributed by atoms with Crippen molar-refractivity contribution in [1.29, 1.82) is 0 Å². The van der Waals surface area contributed by atoms with Gasteiger partial charge in [0, 0.05) is 19.0 Å². The number of hydrogen-bond donors (Lipinski definition) is 1. The summed E-state index contributed by atoms with van der Waals surface area (Å²) in [7, 11) is 0.